The van der Waals surface area contributed by atoms with Crippen LogP contribution < -0.4 is 0 Å². The molecule has 0 bridgehead atoms. The van der Waals surface area contributed by atoms with Crippen molar-refractivity contribution in [2.24, 2.45) is 0 Å². The number of hydrogen-bond acceptors (Lipinski definition) is 3. The van der Waals surface area contributed by atoms with Crippen LogP contribution in [0.5, 0.6) is 0 Å². The first-order valence-electron chi connectivity index (χ1n) is 7.61. The molecule has 116 valence electrons. The van der Waals surface area contributed by atoms with Crippen LogP contribution in [-0.2, 0) is 17.7 Å². The van der Waals surface area contributed by atoms with E-state index in [1.54, 1.807) is 18.2 Å². The van der Waals surface area contributed by atoms with Gasteiger partial charge >= 0.3 is 5.97 Å². The number of hydrogen-bond donors (Lipinski definition) is 1. The van der Waals surface area contributed by atoms with Crippen LogP contribution in [0.1, 0.15) is 27.8 Å². The predicted octanol–water partition coefficient (Wildman–Crippen LogP) is 3.05. The van der Waals surface area contributed by atoms with Crippen molar-refractivity contribution in [2.45, 2.75) is 19.1 Å². The number of aromatic carboxylic acids is 1. The van der Waals surface area contributed by atoms with Gasteiger partial charge in [0, 0.05) is 13.0 Å². The van der Waals surface area contributed by atoms with Crippen LogP contribution in [0.25, 0.3) is 11.0 Å². The van der Waals surface area contributed by atoms with E-state index in [1.165, 1.54) is 0 Å². The van der Waals surface area contributed by atoms with E-state index in [1.807, 2.05) is 18.2 Å². The molecule has 2 heterocycles. The molecular formula is C18H16N2O3. The summed E-state index contributed by atoms with van der Waals surface area (Å²) in [5.41, 5.74) is 3.11. The number of imidazole rings is 1. The average Bonchev–Trinajstić information content (AvgIpc) is 2.77. The summed E-state index contributed by atoms with van der Waals surface area (Å²) in [4.78, 5) is 15.9. The Morgan fingerprint density at radius 1 is 1.22 bits per heavy atom. The minimum absolute atomic E-state index is 0.0202. The van der Waals surface area contributed by atoms with Gasteiger partial charge in [0.15, 0.2) is 0 Å². The Morgan fingerprint density at radius 3 is 2.83 bits per heavy atom. The van der Waals surface area contributed by atoms with Gasteiger partial charge in [-0.15, -0.1) is 0 Å². The van der Waals surface area contributed by atoms with Crippen LogP contribution in [0.15, 0.2) is 48.5 Å². The average molecular weight is 308 g/mol. The van der Waals surface area contributed by atoms with E-state index in [2.05, 4.69) is 21.7 Å². The van der Waals surface area contributed by atoms with E-state index in [9.17, 15) is 9.90 Å². The van der Waals surface area contributed by atoms with Gasteiger partial charge < -0.3 is 14.4 Å². The molecular weight excluding hydrogens is 292 g/mol. The Balaban J connectivity index is 1.76. The Hall–Kier alpha value is -2.66. The summed E-state index contributed by atoms with van der Waals surface area (Å²) in [5, 5.41) is 9.18. The van der Waals surface area contributed by atoms with Gasteiger partial charge in [-0.1, -0.05) is 30.3 Å². The molecule has 2 aromatic carbocycles. The predicted molar refractivity (Wildman–Crippen MR) is 85.5 cm³/mol. The lowest BCUT2D eigenvalue weighted by atomic mass is 10.1. The number of nitrogens with zero attached hydrogens (tertiary/aromatic N) is 2. The highest BCUT2D eigenvalue weighted by Crippen LogP contribution is 2.28. The molecule has 0 radical (unpaired) electrons. The minimum Gasteiger partial charge on any atom is -0.478 e. The number of fused-ring (bicyclic) bond motifs is 3. The maximum Gasteiger partial charge on any atom is 0.335 e. The first-order valence-corrected chi connectivity index (χ1v) is 7.61. The van der Waals surface area contributed by atoms with Gasteiger partial charge in [0.25, 0.3) is 0 Å². The van der Waals surface area contributed by atoms with Crippen LogP contribution in [0.2, 0.25) is 0 Å². The van der Waals surface area contributed by atoms with Crippen LogP contribution in [-0.4, -0.2) is 27.2 Å². The summed E-state index contributed by atoms with van der Waals surface area (Å²) < 4.78 is 8.05. The number of ether oxygens (including phenoxy) is 1. The van der Waals surface area contributed by atoms with Crippen LogP contribution >= 0.6 is 0 Å². The summed E-state index contributed by atoms with van der Waals surface area (Å²) in [6.07, 6.45) is 0.661. The highest BCUT2D eigenvalue weighted by Gasteiger charge is 2.22. The maximum atomic E-state index is 11.2. The van der Waals surface area contributed by atoms with Crippen molar-refractivity contribution >= 4 is 17.0 Å². The molecule has 4 rings (SSSR count). The van der Waals surface area contributed by atoms with Crippen LogP contribution in [0, 0.1) is 0 Å². The Morgan fingerprint density at radius 2 is 2.04 bits per heavy atom. The van der Waals surface area contributed by atoms with Gasteiger partial charge in [0.1, 0.15) is 5.82 Å². The SMILES string of the molecule is O=C(O)c1ccc2nc3n(c2c1)CCOC(c1ccccc1)C3. The molecule has 1 atom stereocenters. The third-order valence-corrected chi connectivity index (χ3v) is 4.25. The van der Waals surface area contributed by atoms with Crippen molar-refractivity contribution in [1.29, 1.82) is 0 Å². The molecule has 0 aliphatic carbocycles. The summed E-state index contributed by atoms with van der Waals surface area (Å²) in [6, 6.07) is 15.2. The lowest BCUT2D eigenvalue weighted by molar-refractivity contribution is 0.0573. The first kappa shape index (κ1) is 14.0. The van der Waals surface area contributed by atoms with Crippen molar-refractivity contribution in [2.75, 3.05) is 6.61 Å². The standard InChI is InChI=1S/C18H16N2O3/c21-18(22)13-6-7-14-15(10-13)20-8-9-23-16(11-17(20)19-14)12-4-2-1-3-5-12/h1-7,10,16H,8-9,11H2,(H,21,22). The van der Waals surface area contributed by atoms with Crippen LogP contribution in [0.3, 0.4) is 0 Å². The van der Waals surface area contributed by atoms with Gasteiger partial charge in [0.2, 0.25) is 0 Å². The molecule has 1 unspecified atom stereocenters. The quantitative estimate of drug-likeness (QED) is 0.790. The Kier molecular flexibility index (Phi) is 3.35. The zero-order chi connectivity index (χ0) is 15.8. The molecule has 1 N–H and O–H groups in total. The molecule has 5 nitrogen and oxygen atoms in total. The minimum atomic E-state index is -0.922. The molecule has 0 saturated heterocycles. The lowest BCUT2D eigenvalue weighted by Gasteiger charge is -2.14. The van der Waals surface area contributed by atoms with Crippen molar-refractivity contribution in [3.63, 3.8) is 0 Å². The van der Waals surface area contributed by atoms with E-state index < -0.39 is 5.97 Å². The van der Waals surface area contributed by atoms with E-state index in [4.69, 9.17) is 4.74 Å². The van der Waals surface area contributed by atoms with Gasteiger partial charge in [-0.05, 0) is 23.8 Å². The first-order chi connectivity index (χ1) is 11.2. The number of benzene rings is 2. The number of rotatable bonds is 2. The highest BCUT2D eigenvalue weighted by atomic mass is 16.5. The third kappa shape index (κ3) is 2.49. The second-order valence-electron chi connectivity index (χ2n) is 5.66. The Labute approximate surface area is 133 Å². The van der Waals surface area contributed by atoms with E-state index in [0.717, 1.165) is 22.4 Å². The second-order valence-corrected chi connectivity index (χ2v) is 5.66. The molecule has 3 aromatic rings. The normalized spacial score (nSPS) is 17.7. The summed E-state index contributed by atoms with van der Waals surface area (Å²) in [5.74, 6) is 0.0170. The van der Waals surface area contributed by atoms with Crippen molar-refractivity contribution in [1.82, 2.24) is 9.55 Å². The van der Waals surface area contributed by atoms with Crippen molar-refractivity contribution in [3.8, 4) is 0 Å². The molecule has 23 heavy (non-hydrogen) atoms. The van der Waals surface area contributed by atoms with Gasteiger partial charge in [-0.25, -0.2) is 9.78 Å². The van der Waals surface area contributed by atoms with E-state index in [-0.39, 0.29) is 11.7 Å². The molecule has 1 aliphatic heterocycles. The molecule has 1 aliphatic rings. The van der Waals surface area contributed by atoms with Gasteiger partial charge in [-0.3, -0.25) is 0 Å². The lowest BCUT2D eigenvalue weighted by Crippen LogP contribution is -2.06. The van der Waals surface area contributed by atoms with E-state index >= 15 is 0 Å². The number of carboxylic acids is 1. The molecule has 5 heteroatoms. The largest absolute Gasteiger partial charge is 0.478 e. The molecule has 0 spiro atoms. The summed E-state index contributed by atoms with van der Waals surface area (Å²) in [6.45, 7) is 1.26. The van der Waals surface area contributed by atoms with Gasteiger partial charge in [0.05, 0.1) is 29.3 Å². The maximum absolute atomic E-state index is 11.2. The topological polar surface area (TPSA) is 64.3 Å². The zero-order valence-electron chi connectivity index (χ0n) is 12.5. The fraction of sp³-hybridized carbons (Fsp3) is 0.222. The monoisotopic (exact) mass is 308 g/mol. The second kappa shape index (κ2) is 5.52. The molecule has 0 fully saturated rings. The number of aromatic nitrogens is 2. The smallest absolute Gasteiger partial charge is 0.335 e. The summed E-state index contributed by atoms with van der Waals surface area (Å²) in [7, 11) is 0. The van der Waals surface area contributed by atoms with Crippen molar-refractivity contribution < 1.29 is 14.6 Å². The fourth-order valence-corrected chi connectivity index (χ4v) is 3.10. The number of carboxylic acid groups (broad SMARTS) is 1. The fourth-order valence-electron chi connectivity index (χ4n) is 3.10. The van der Waals surface area contributed by atoms with E-state index in [0.29, 0.717) is 19.6 Å². The molecule has 0 amide bonds. The highest BCUT2D eigenvalue weighted by molar-refractivity contribution is 5.92. The van der Waals surface area contributed by atoms with Gasteiger partial charge in [-0.2, -0.15) is 0 Å². The van der Waals surface area contributed by atoms with Crippen LogP contribution in [0.4, 0.5) is 0 Å². The molecule has 1 aromatic heterocycles. The number of carbonyl (C=O) groups is 1. The molecule has 0 saturated carbocycles. The third-order valence-electron chi connectivity index (χ3n) is 4.25. The zero-order valence-corrected chi connectivity index (χ0v) is 12.5. The summed E-state index contributed by atoms with van der Waals surface area (Å²) >= 11 is 0. The van der Waals surface area contributed by atoms with Crippen molar-refractivity contribution in [3.05, 3.63) is 65.5 Å². The Bertz CT molecular complexity index is 871.